The summed E-state index contributed by atoms with van der Waals surface area (Å²) in [5, 5.41) is 8.18. The lowest BCUT2D eigenvalue weighted by Crippen LogP contribution is -2.13. The molecule has 0 bridgehead atoms. The summed E-state index contributed by atoms with van der Waals surface area (Å²) in [7, 11) is 0. The minimum absolute atomic E-state index is 0.119. The largest absolute Gasteiger partial charge is 0.449 e. The number of ether oxygens (including phenoxy) is 1. The third-order valence-electron chi connectivity index (χ3n) is 3.33. The highest BCUT2D eigenvalue weighted by molar-refractivity contribution is 5.86. The van der Waals surface area contributed by atoms with Crippen LogP contribution in [0.25, 0.3) is 6.08 Å². The number of aromatic nitrogens is 3. The summed E-state index contributed by atoms with van der Waals surface area (Å²) >= 11 is 0. The fraction of sp³-hybridized carbons (Fsp3) is 0.533. The molecule has 1 aliphatic rings. The van der Waals surface area contributed by atoms with Crippen molar-refractivity contribution in [1.82, 2.24) is 15.0 Å². The Morgan fingerprint density at radius 1 is 1.50 bits per heavy atom. The van der Waals surface area contributed by atoms with Crippen molar-refractivity contribution in [3.8, 4) is 11.8 Å². The van der Waals surface area contributed by atoms with Crippen LogP contribution in [0.2, 0.25) is 0 Å². The van der Waals surface area contributed by atoms with Crippen molar-refractivity contribution in [2.75, 3.05) is 6.61 Å². The van der Waals surface area contributed by atoms with E-state index >= 15 is 0 Å². The zero-order valence-electron chi connectivity index (χ0n) is 11.7. The molecule has 0 aromatic carbocycles. The second-order valence-electron chi connectivity index (χ2n) is 4.78. The molecule has 20 heavy (non-hydrogen) atoms. The van der Waals surface area contributed by atoms with Crippen molar-refractivity contribution in [2.45, 2.75) is 45.1 Å². The maximum Gasteiger partial charge on any atom is 0.331 e. The topological polar surface area (TPSA) is 57.0 Å². The van der Waals surface area contributed by atoms with Crippen LogP contribution in [0.4, 0.5) is 0 Å². The Balaban J connectivity index is 1.87. The summed E-state index contributed by atoms with van der Waals surface area (Å²) in [6.07, 6.45) is 11.0. The van der Waals surface area contributed by atoms with Gasteiger partial charge in [-0.3, -0.25) is 0 Å². The van der Waals surface area contributed by atoms with Crippen molar-refractivity contribution >= 4 is 12.0 Å². The summed E-state index contributed by atoms with van der Waals surface area (Å²) in [5.41, 5.74) is 0.675. The third-order valence-corrected chi connectivity index (χ3v) is 3.33. The van der Waals surface area contributed by atoms with Gasteiger partial charge in [0.05, 0.1) is 12.2 Å². The molecule has 1 aromatic rings. The average molecular weight is 273 g/mol. The van der Waals surface area contributed by atoms with Crippen LogP contribution in [0.5, 0.6) is 0 Å². The lowest BCUT2D eigenvalue weighted by Gasteiger charge is -2.20. The van der Waals surface area contributed by atoms with Crippen molar-refractivity contribution in [3.63, 3.8) is 0 Å². The Hall–Kier alpha value is -2.09. The molecule has 0 spiro atoms. The molecule has 0 radical (unpaired) electrons. The zero-order valence-corrected chi connectivity index (χ0v) is 11.7. The van der Waals surface area contributed by atoms with E-state index in [0.29, 0.717) is 11.7 Å². The van der Waals surface area contributed by atoms with Crippen molar-refractivity contribution in [3.05, 3.63) is 18.0 Å². The van der Waals surface area contributed by atoms with Crippen LogP contribution in [0.15, 0.2) is 12.3 Å². The third kappa shape index (κ3) is 4.23. The highest BCUT2D eigenvalue weighted by Crippen LogP contribution is 2.27. The molecular weight excluding hydrogens is 254 g/mol. The van der Waals surface area contributed by atoms with Gasteiger partial charge in [-0.25, -0.2) is 9.48 Å². The Labute approximate surface area is 119 Å². The summed E-state index contributed by atoms with van der Waals surface area (Å²) in [6, 6.07) is 0.449. The molecule has 1 saturated carbocycles. The molecule has 5 heteroatoms. The van der Waals surface area contributed by atoms with E-state index in [9.17, 15) is 4.79 Å². The van der Waals surface area contributed by atoms with Gasteiger partial charge in [0, 0.05) is 6.08 Å². The van der Waals surface area contributed by atoms with Crippen LogP contribution >= 0.6 is 0 Å². The number of esters is 1. The number of hydrogen-bond donors (Lipinski definition) is 0. The first-order valence-corrected chi connectivity index (χ1v) is 6.96. The van der Waals surface area contributed by atoms with E-state index in [0.717, 1.165) is 12.8 Å². The number of hydrogen-bond acceptors (Lipinski definition) is 4. The molecule has 0 unspecified atom stereocenters. The molecule has 0 amide bonds. The van der Waals surface area contributed by atoms with Gasteiger partial charge in [-0.15, -0.1) is 11.0 Å². The van der Waals surface area contributed by atoms with Crippen LogP contribution in [0, 0.1) is 11.8 Å². The lowest BCUT2D eigenvalue weighted by atomic mass is 9.96. The SMILES string of the molecule is CC#CCOC(=O)/C=C/c1cn(C2CCCCC2)nn1. The summed E-state index contributed by atoms with van der Waals surface area (Å²) < 4.78 is 6.78. The van der Waals surface area contributed by atoms with Gasteiger partial charge in [-0.2, -0.15) is 0 Å². The molecule has 0 saturated heterocycles. The van der Waals surface area contributed by atoms with Gasteiger partial charge < -0.3 is 4.74 Å². The average Bonchev–Trinajstić information content (AvgIpc) is 2.95. The standard InChI is InChI=1S/C15H19N3O2/c1-2-3-11-20-15(19)10-9-13-12-18(17-16-13)14-7-5-4-6-8-14/h9-10,12,14H,4-8,11H2,1H3/b10-9+. The molecule has 0 atom stereocenters. The molecular formula is C15H19N3O2. The van der Waals surface area contributed by atoms with Crippen LogP contribution in [-0.2, 0) is 9.53 Å². The van der Waals surface area contributed by atoms with Crippen LogP contribution in [-0.4, -0.2) is 27.6 Å². The maximum atomic E-state index is 11.4. The van der Waals surface area contributed by atoms with Crippen LogP contribution in [0.1, 0.15) is 50.8 Å². The predicted molar refractivity (Wildman–Crippen MR) is 75.6 cm³/mol. The zero-order chi connectivity index (χ0) is 14.2. The second kappa shape index (κ2) is 7.49. The van der Waals surface area contributed by atoms with E-state index in [2.05, 4.69) is 22.2 Å². The van der Waals surface area contributed by atoms with E-state index in [-0.39, 0.29) is 6.61 Å². The van der Waals surface area contributed by atoms with Gasteiger partial charge in [0.25, 0.3) is 0 Å². The van der Waals surface area contributed by atoms with Crippen LogP contribution < -0.4 is 0 Å². The number of rotatable bonds is 4. The molecule has 1 aliphatic carbocycles. The highest BCUT2D eigenvalue weighted by Gasteiger charge is 2.16. The number of carbonyl (C=O) groups is 1. The lowest BCUT2D eigenvalue weighted by molar-refractivity contribution is -0.136. The molecule has 0 N–H and O–H groups in total. The quantitative estimate of drug-likeness (QED) is 0.480. The Morgan fingerprint density at radius 3 is 3.05 bits per heavy atom. The summed E-state index contributed by atoms with van der Waals surface area (Å²) in [6.45, 7) is 1.82. The molecule has 1 aromatic heterocycles. The fourth-order valence-electron chi connectivity index (χ4n) is 2.27. The van der Waals surface area contributed by atoms with Crippen LogP contribution in [0.3, 0.4) is 0 Å². The van der Waals surface area contributed by atoms with Crippen molar-refractivity contribution in [2.24, 2.45) is 0 Å². The first-order chi connectivity index (χ1) is 9.79. The van der Waals surface area contributed by atoms with E-state index in [4.69, 9.17) is 4.74 Å². The van der Waals surface area contributed by atoms with Gasteiger partial charge in [-0.1, -0.05) is 30.4 Å². The Morgan fingerprint density at radius 2 is 2.30 bits per heavy atom. The molecule has 5 nitrogen and oxygen atoms in total. The monoisotopic (exact) mass is 273 g/mol. The maximum absolute atomic E-state index is 11.4. The number of nitrogens with zero attached hydrogens (tertiary/aromatic N) is 3. The van der Waals surface area contributed by atoms with E-state index in [1.165, 1.54) is 25.3 Å². The first-order valence-electron chi connectivity index (χ1n) is 6.96. The summed E-state index contributed by atoms with van der Waals surface area (Å²) in [4.78, 5) is 11.4. The van der Waals surface area contributed by atoms with E-state index in [1.54, 1.807) is 13.0 Å². The molecule has 1 fully saturated rings. The fourth-order valence-corrected chi connectivity index (χ4v) is 2.27. The van der Waals surface area contributed by atoms with Gasteiger partial charge in [-0.05, 0) is 25.8 Å². The van der Waals surface area contributed by atoms with Crippen molar-refractivity contribution in [1.29, 1.82) is 0 Å². The highest BCUT2D eigenvalue weighted by atomic mass is 16.5. The molecule has 1 heterocycles. The van der Waals surface area contributed by atoms with Gasteiger partial charge in [0.1, 0.15) is 5.69 Å². The Bertz CT molecular complexity index is 531. The second-order valence-corrected chi connectivity index (χ2v) is 4.78. The first kappa shape index (κ1) is 14.3. The number of carbonyl (C=O) groups excluding carboxylic acids is 1. The molecule has 106 valence electrons. The predicted octanol–water partition coefficient (Wildman–Crippen LogP) is 2.36. The van der Waals surface area contributed by atoms with Gasteiger partial charge in [0.2, 0.25) is 0 Å². The van der Waals surface area contributed by atoms with E-state index < -0.39 is 5.97 Å². The van der Waals surface area contributed by atoms with Gasteiger partial charge in [0.15, 0.2) is 6.61 Å². The van der Waals surface area contributed by atoms with Crippen molar-refractivity contribution < 1.29 is 9.53 Å². The normalized spacial score (nSPS) is 15.8. The molecule has 0 aliphatic heterocycles. The minimum atomic E-state index is -0.417. The molecule has 2 rings (SSSR count). The van der Waals surface area contributed by atoms with E-state index in [1.807, 2.05) is 10.9 Å². The smallest absolute Gasteiger partial charge is 0.331 e. The minimum Gasteiger partial charge on any atom is -0.449 e. The Kier molecular flexibility index (Phi) is 5.36. The summed E-state index contributed by atoms with van der Waals surface area (Å²) in [5.74, 6) is 4.91. The van der Waals surface area contributed by atoms with Gasteiger partial charge >= 0.3 is 5.97 Å².